The lowest BCUT2D eigenvalue weighted by Gasteiger charge is -2.17. The maximum Gasteiger partial charge on any atom is 0.350 e. The van der Waals surface area contributed by atoms with Crippen molar-refractivity contribution in [3.63, 3.8) is 0 Å². The quantitative estimate of drug-likeness (QED) is 0.780. The Balaban J connectivity index is 2.48. The molecule has 0 spiro atoms. The van der Waals surface area contributed by atoms with E-state index < -0.39 is 11.9 Å². The fourth-order valence-electron chi connectivity index (χ4n) is 2.17. The molecule has 0 bridgehead atoms. The van der Waals surface area contributed by atoms with Crippen LogP contribution in [0.5, 0.6) is 0 Å². The molecule has 1 atom stereocenters. The van der Waals surface area contributed by atoms with Crippen LogP contribution in [0.1, 0.15) is 26.5 Å². The number of esters is 2. The Kier molecular flexibility index (Phi) is 4.15. The first-order valence-corrected chi connectivity index (χ1v) is 6.90. The molecule has 0 aromatic carbocycles. The maximum atomic E-state index is 11.9. The van der Waals surface area contributed by atoms with Crippen LogP contribution in [-0.2, 0) is 9.47 Å². The molecule has 0 saturated carbocycles. The Hall–Kier alpha value is -1.80. The van der Waals surface area contributed by atoms with Gasteiger partial charge in [-0.1, -0.05) is 0 Å². The van der Waals surface area contributed by atoms with Crippen LogP contribution >= 0.6 is 11.3 Å². The zero-order valence-electron chi connectivity index (χ0n) is 11.3. The molecule has 1 aliphatic heterocycles. The molecule has 20 heavy (non-hydrogen) atoms. The molecule has 0 amide bonds. The van der Waals surface area contributed by atoms with Crippen molar-refractivity contribution in [3.05, 3.63) is 10.4 Å². The fraction of sp³-hybridized carbons (Fsp3) is 0.500. The maximum absolute atomic E-state index is 11.9. The number of thiophene rings is 1. The Bertz CT molecular complexity index is 543. The first-order valence-electron chi connectivity index (χ1n) is 6.09. The molecule has 110 valence electrons. The largest absolute Gasteiger partial charge is 0.465 e. The van der Waals surface area contributed by atoms with Crippen LogP contribution in [0.3, 0.4) is 0 Å². The van der Waals surface area contributed by atoms with E-state index in [9.17, 15) is 9.59 Å². The molecule has 7 nitrogen and oxygen atoms in total. The molecular formula is C12H17N3O4S. The molecule has 2 rings (SSSR count). The van der Waals surface area contributed by atoms with Crippen molar-refractivity contribution < 1.29 is 19.1 Å². The number of ether oxygens (including phenoxy) is 2. The number of carbonyl (C=O) groups excluding carboxylic acids is 2. The van der Waals surface area contributed by atoms with Crippen LogP contribution in [0.25, 0.3) is 0 Å². The highest BCUT2D eigenvalue weighted by atomic mass is 32.1. The predicted octanol–water partition coefficient (Wildman–Crippen LogP) is 0.441. The van der Waals surface area contributed by atoms with E-state index in [0.717, 1.165) is 17.8 Å². The van der Waals surface area contributed by atoms with E-state index in [0.29, 0.717) is 18.1 Å². The number of nitrogen functional groups attached to an aromatic ring is 1. The molecule has 1 saturated heterocycles. The van der Waals surface area contributed by atoms with Gasteiger partial charge in [0.05, 0.1) is 19.9 Å². The first kappa shape index (κ1) is 14.6. The fourth-order valence-corrected chi connectivity index (χ4v) is 3.33. The zero-order valence-corrected chi connectivity index (χ0v) is 12.2. The third-order valence-electron chi connectivity index (χ3n) is 3.20. The van der Waals surface area contributed by atoms with Gasteiger partial charge in [0.1, 0.15) is 15.4 Å². The minimum absolute atomic E-state index is 0.0467. The van der Waals surface area contributed by atoms with E-state index in [4.69, 9.17) is 16.2 Å². The van der Waals surface area contributed by atoms with Gasteiger partial charge < -0.3 is 25.8 Å². The Labute approximate surface area is 120 Å². The lowest BCUT2D eigenvalue weighted by atomic mass is 10.2. The van der Waals surface area contributed by atoms with Gasteiger partial charge in [0.2, 0.25) is 0 Å². The van der Waals surface area contributed by atoms with Crippen molar-refractivity contribution in [2.75, 3.05) is 37.9 Å². The summed E-state index contributed by atoms with van der Waals surface area (Å²) in [6, 6.07) is 0.0467. The summed E-state index contributed by atoms with van der Waals surface area (Å²) in [7, 11) is 2.54. The summed E-state index contributed by atoms with van der Waals surface area (Å²) >= 11 is 1.13. The molecule has 2 heterocycles. The van der Waals surface area contributed by atoms with Gasteiger partial charge >= 0.3 is 11.9 Å². The summed E-state index contributed by atoms with van der Waals surface area (Å²) in [5, 5.41) is 0.614. The van der Waals surface area contributed by atoms with E-state index in [2.05, 4.69) is 4.74 Å². The van der Waals surface area contributed by atoms with E-state index in [1.54, 1.807) is 0 Å². The van der Waals surface area contributed by atoms with E-state index >= 15 is 0 Å². The van der Waals surface area contributed by atoms with E-state index in [1.165, 1.54) is 14.2 Å². The molecule has 8 heteroatoms. The molecule has 1 unspecified atom stereocenters. The van der Waals surface area contributed by atoms with Gasteiger partial charge in [-0.05, 0) is 6.42 Å². The number of nitrogens with zero attached hydrogens (tertiary/aromatic N) is 1. The van der Waals surface area contributed by atoms with Crippen molar-refractivity contribution in [2.45, 2.75) is 12.5 Å². The number of nitrogens with two attached hydrogens (primary N) is 2. The summed E-state index contributed by atoms with van der Waals surface area (Å²) in [4.78, 5) is 25.8. The van der Waals surface area contributed by atoms with Crippen LogP contribution in [0, 0.1) is 0 Å². The van der Waals surface area contributed by atoms with E-state index in [-0.39, 0.29) is 22.2 Å². The van der Waals surface area contributed by atoms with Crippen LogP contribution in [0.2, 0.25) is 0 Å². The topological polar surface area (TPSA) is 108 Å². The van der Waals surface area contributed by atoms with Crippen LogP contribution < -0.4 is 16.4 Å². The van der Waals surface area contributed by atoms with Crippen LogP contribution in [0.15, 0.2) is 0 Å². The van der Waals surface area contributed by atoms with Crippen molar-refractivity contribution in [1.29, 1.82) is 0 Å². The molecule has 0 radical (unpaired) electrons. The average Bonchev–Trinajstić information content (AvgIpc) is 3.01. The van der Waals surface area contributed by atoms with Gasteiger partial charge in [0.25, 0.3) is 0 Å². The predicted molar refractivity (Wildman–Crippen MR) is 76.2 cm³/mol. The summed E-state index contributed by atoms with van der Waals surface area (Å²) < 4.78 is 9.43. The smallest absolute Gasteiger partial charge is 0.350 e. The summed E-state index contributed by atoms with van der Waals surface area (Å²) in [6.07, 6.45) is 0.825. The molecule has 1 aromatic rings. The minimum atomic E-state index is -0.565. The highest BCUT2D eigenvalue weighted by Gasteiger charge is 2.31. The lowest BCUT2D eigenvalue weighted by Crippen LogP contribution is -2.26. The summed E-state index contributed by atoms with van der Waals surface area (Å²) in [6.45, 7) is 1.33. The zero-order chi connectivity index (χ0) is 14.9. The monoisotopic (exact) mass is 299 g/mol. The van der Waals surface area contributed by atoms with Gasteiger partial charge in [0, 0.05) is 19.1 Å². The minimum Gasteiger partial charge on any atom is -0.465 e. The SMILES string of the molecule is COC(=O)c1sc(N2CCC(N)C2)c(C(=O)OC)c1N. The Morgan fingerprint density at radius 2 is 1.95 bits per heavy atom. The summed E-state index contributed by atoms with van der Waals surface area (Å²) in [5.41, 5.74) is 12.1. The van der Waals surface area contributed by atoms with Crippen LogP contribution in [0.4, 0.5) is 10.7 Å². The molecule has 1 aliphatic rings. The number of hydrogen-bond acceptors (Lipinski definition) is 8. The third-order valence-corrected chi connectivity index (χ3v) is 4.45. The Morgan fingerprint density at radius 1 is 1.30 bits per heavy atom. The van der Waals surface area contributed by atoms with Gasteiger partial charge in [-0.15, -0.1) is 11.3 Å². The number of methoxy groups -OCH3 is 2. The number of hydrogen-bond donors (Lipinski definition) is 2. The molecule has 0 aliphatic carbocycles. The van der Waals surface area contributed by atoms with Crippen molar-refractivity contribution >= 4 is 34.0 Å². The molecule has 1 aromatic heterocycles. The second-order valence-electron chi connectivity index (χ2n) is 4.50. The van der Waals surface area contributed by atoms with Crippen LogP contribution in [-0.4, -0.2) is 45.3 Å². The number of rotatable bonds is 3. The molecule has 1 fully saturated rings. The van der Waals surface area contributed by atoms with Crippen molar-refractivity contribution in [3.8, 4) is 0 Å². The lowest BCUT2D eigenvalue weighted by molar-refractivity contribution is 0.0602. The van der Waals surface area contributed by atoms with E-state index in [1.807, 2.05) is 4.90 Å². The second-order valence-corrected chi connectivity index (χ2v) is 5.50. The van der Waals surface area contributed by atoms with Gasteiger partial charge in [-0.3, -0.25) is 0 Å². The standard InChI is InChI=1S/C12H17N3O4S/c1-18-11(16)7-8(14)9(12(17)19-2)20-10(7)15-4-3-6(13)5-15/h6H,3-5,13-14H2,1-2H3. The highest BCUT2D eigenvalue weighted by molar-refractivity contribution is 7.19. The third kappa shape index (κ3) is 2.44. The highest BCUT2D eigenvalue weighted by Crippen LogP contribution is 2.40. The number of anilines is 2. The van der Waals surface area contributed by atoms with Crippen molar-refractivity contribution in [1.82, 2.24) is 0 Å². The molecular weight excluding hydrogens is 282 g/mol. The first-order chi connectivity index (χ1) is 9.49. The normalized spacial score (nSPS) is 18.1. The summed E-state index contributed by atoms with van der Waals surface area (Å²) in [5.74, 6) is -1.13. The van der Waals surface area contributed by atoms with Crippen molar-refractivity contribution in [2.24, 2.45) is 5.73 Å². The Morgan fingerprint density at radius 3 is 2.45 bits per heavy atom. The number of carbonyl (C=O) groups is 2. The second kappa shape index (κ2) is 5.68. The van der Waals surface area contributed by atoms with Gasteiger partial charge in [0.15, 0.2) is 0 Å². The van der Waals surface area contributed by atoms with Gasteiger partial charge in [-0.2, -0.15) is 0 Å². The average molecular weight is 299 g/mol. The van der Waals surface area contributed by atoms with Gasteiger partial charge in [-0.25, -0.2) is 9.59 Å². The molecule has 4 N–H and O–H groups in total.